The summed E-state index contributed by atoms with van der Waals surface area (Å²) in [4.78, 5) is 30.6. The van der Waals surface area contributed by atoms with Gasteiger partial charge in [0.15, 0.2) is 10.8 Å². The van der Waals surface area contributed by atoms with Crippen LogP contribution in [-0.2, 0) is 4.79 Å². The minimum absolute atomic E-state index is 0.147. The number of nitrogens with zero attached hydrogens (tertiary/aromatic N) is 4. The first kappa shape index (κ1) is 20.4. The van der Waals surface area contributed by atoms with Crippen LogP contribution < -0.4 is 10.9 Å². The number of carbonyl (C=O) groups is 1. The molecule has 1 atom stereocenters. The summed E-state index contributed by atoms with van der Waals surface area (Å²) < 4.78 is 16.4. The van der Waals surface area contributed by atoms with E-state index in [4.69, 9.17) is 0 Å². The van der Waals surface area contributed by atoms with Crippen molar-refractivity contribution >= 4 is 34.4 Å². The number of aromatic nitrogens is 4. The second kappa shape index (κ2) is 7.90. The molecule has 0 radical (unpaired) electrons. The quantitative estimate of drug-likeness (QED) is 0.476. The normalized spacial score (nSPS) is 15.2. The number of halogens is 1. The van der Waals surface area contributed by atoms with Crippen LogP contribution >= 0.6 is 11.8 Å². The molecule has 32 heavy (non-hydrogen) atoms. The van der Waals surface area contributed by atoms with Gasteiger partial charge in [0.1, 0.15) is 11.2 Å². The van der Waals surface area contributed by atoms with Gasteiger partial charge in [0.2, 0.25) is 5.91 Å². The highest BCUT2D eigenvalue weighted by molar-refractivity contribution is 7.99. The monoisotopic (exact) mass is 449 g/mol. The molecule has 0 saturated carbocycles. The SMILES string of the molecule is Cc1ccc(C)c(NC(=O)CC2CSc3nc4c(cnn4-c4ccc(F)cc4)c(=O)n32)c1. The van der Waals surface area contributed by atoms with Crippen molar-refractivity contribution in [2.45, 2.75) is 31.5 Å². The van der Waals surface area contributed by atoms with Crippen molar-refractivity contribution in [3.63, 3.8) is 0 Å². The van der Waals surface area contributed by atoms with Crippen molar-refractivity contribution in [3.8, 4) is 5.69 Å². The summed E-state index contributed by atoms with van der Waals surface area (Å²) >= 11 is 1.44. The lowest BCUT2D eigenvalue weighted by Crippen LogP contribution is -2.27. The molecule has 1 aliphatic rings. The summed E-state index contributed by atoms with van der Waals surface area (Å²) in [6.45, 7) is 3.92. The Labute approximate surface area is 187 Å². The first-order valence-corrected chi connectivity index (χ1v) is 11.2. The van der Waals surface area contributed by atoms with E-state index in [0.717, 1.165) is 16.8 Å². The second-order valence-corrected chi connectivity index (χ2v) is 8.86. The van der Waals surface area contributed by atoms with Gasteiger partial charge in [-0.2, -0.15) is 5.10 Å². The Morgan fingerprint density at radius 1 is 1.22 bits per heavy atom. The van der Waals surface area contributed by atoms with Gasteiger partial charge in [-0.1, -0.05) is 23.9 Å². The van der Waals surface area contributed by atoms with Gasteiger partial charge in [-0.3, -0.25) is 14.2 Å². The molecule has 1 aliphatic heterocycles. The maximum absolute atomic E-state index is 13.3. The van der Waals surface area contributed by atoms with Crippen molar-refractivity contribution < 1.29 is 9.18 Å². The molecule has 7 nitrogen and oxygen atoms in total. The van der Waals surface area contributed by atoms with Crippen molar-refractivity contribution in [1.29, 1.82) is 0 Å². The molecule has 1 unspecified atom stereocenters. The maximum atomic E-state index is 13.3. The molecule has 1 amide bonds. The molecule has 0 aliphatic carbocycles. The molecule has 0 spiro atoms. The van der Waals surface area contributed by atoms with Gasteiger partial charge in [-0.15, -0.1) is 0 Å². The molecule has 162 valence electrons. The van der Waals surface area contributed by atoms with E-state index in [0.29, 0.717) is 27.6 Å². The van der Waals surface area contributed by atoms with Crippen LogP contribution in [-0.4, -0.2) is 31.0 Å². The van der Waals surface area contributed by atoms with Crippen molar-refractivity contribution in [1.82, 2.24) is 19.3 Å². The smallest absolute Gasteiger partial charge is 0.265 e. The maximum Gasteiger partial charge on any atom is 0.265 e. The van der Waals surface area contributed by atoms with Crippen LogP contribution in [0.15, 0.2) is 58.6 Å². The topological polar surface area (TPSA) is 81.8 Å². The van der Waals surface area contributed by atoms with E-state index in [9.17, 15) is 14.0 Å². The highest BCUT2D eigenvalue weighted by atomic mass is 32.2. The Balaban J connectivity index is 1.44. The van der Waals surface area contributed by atoms with Gasteiger partial charge in [0, 0.05) is 17.9 Å². The second-order valence-electron chi connectivity index (χ2n) is 7.88. The highest BCUT2D eigenvalue weighted by Gasteiger charge is 2.29. The van der Waals surface area contributed by atoms with E-state index < -0.39 is 0 Å². The summed E-state index contributed by atoms with van der Waals surface area (Å²) in [6, 6.07) is 11.5. The number of rotatable bonds is 4. The number of hydrogen-bond donors (Lipinski definition) is 1. The van der Waals surface area contributed by atoms with Gasteiger partial charge >= 0.3 is 0 Å². The number of carbonyl (C=O) groups excluding carboxylic acids is 1. The first-order valence-electron chi connectivity index (χ1n) is 10.2. The third kappa shape index (κ3) is 3.58. The Morgan fingerprint density at radius 2 is 2.00 bits per heavy atom. The van der Waals surface area contributed by atoms with E-state index in [2.05, 4.69) is 15.4 Å². The van der Waals surface area contributed by atoms with Gasteiger partial charge in [-0.25, -0.2) is 14.1 Å². The van der Waals surface area contributed by atoms with E-state index in [-0.39, 0.29) is 29.7 Å². The number of amides is 1. The van der Waals surface area contributed by atoms with Gasteiger partial charge < -0.3 is 5.32 Å². The molecule has 9 heteroatoms. The third-order valence-corrected chi connectivity index (χ3v) is 6.63. The molecule has 2 aromatic heterocycles. The predicted octanol–water partition coefficient (Wildman–Crippen LogP) is 4.01. The molecular formula is C23H20FN5O2S. The Kier molecular flexibility index (Phi) is 5.05. The number of benzene rings is 2. The molecule has 4 aromatic rings. The number of hydrogen-bond acceptors (Lipinski definition) is 5. The Hall–Kier alpha value is -3.46. The number of nitrogens with one attached hydrogen (secondary N) is 1. The third-order valence-electron chi connectivity index (χ3n) is 5.53. The zero-order valence-electron chi connectivity index (χ0n) is 17.5. The van der Waals surface area contributed by atoms with E-state index in [1.165, 1.54) is 34.8 Å². The largest absolute Gasteiger partial charge is 0.326 e. The zero-order valence-corrected chi connectivity index (χ0v) is 18.3. The lowest BCUT2D eigenvalue weighted by atomic mass is 10.1. The number of anilines is 1. The molecule has 3 heterocycles. The number of aryl methyl sites for hydroxylation is 2. The van der Waals surface area contributed by atoms with Crippen LogP contribution in [0, 0.1) is 19.7 Å². The summed E-state index contributed by atoms with van der Waals surface area (Å²) in [6.07, 6.45) is 1.64. The van der Waals surface area contributed by atoms with Crippen LogP contribution in [0.25, 0.3) is 16.7 Å². The molecule has 0 fully saturated rings. The number of thioether (sulfide) groups is 1. The molecular weight excluding hydrogens is 429 g/mol. The molecule has 2 aromatic carbocycles. The zero-order chi connectivity index (χ0) is 22.4. The average molecular weight is 450 g/mol. The minimum Gasteiger partial charge on any atom is -0.326 e. The highest BCUT2D eigenvalue weighted by Crippen LogP contribution is 2.33. The fourth-order valence-corrected chi connectivity index (χ4v) is 4.97. The van der Waals surface area contributed by atoms with Crippen LogP contribution in [0.2, 0.25) is 0 Å². The minimum atomic E-state index is -0.350. The molecule has 0 saturated heterocycles. The fourth-order valence-electron chi connectivity index (χ4n) is 3.84. The van der Waals surface area contributed by atoms with E-state index >= 15 is 0 Å². The average Bonchev–Trinajstić information content (AvgIpc) is 3.36. The summed E-state index contributed by atoms with van der Waals surface area (Å²) in [5, 5.41) is 8.16. The summed E-state index contributed by atoms with van der Waals surface area (Å²) in [7, 11) is 0. The van der Waals surface area contributed by atoms with E-state index in [1.54, 1.807) is 16.7 Å². The molecule has 0 bridgehead atoms. The first-order chi connectivity index (χ1) is 15.4. The summed E-state index contributed by atoms with van der Waals surface area (Å²) in [5.74, 6) is 0.0850. The Morgan fingerprint density at radius 3 is 2.78 bits per heavy atom. The lowest BCUT2D eigenvalue weighted by molar-refractivity contribution is -0.116. The standard InChI is InChI=1S/C23H20FN5O2S/c1-13-3-4-14(2)19(9-13)26-20(30)10-17-12-32-23-27-21-18(22(31)28(17)23)11-25-29(21)16-7-5-15(24)6-8-16/h3-9,11,17H,10,12H2,1-2H3,(H,26,30). The van der Waals surface area contributed by atoms with Crippen LogP contribution in [0.5, 0.6) is 0 Å². The molecule has 5 rings (SSSR count). The van der Waals surface area contributed by atoms with Crippen LogP contribution in [0.4, 0.5) is 10.1 Å². The lowest BCUT2D eigenvalue weighted by Gasteiger charge is -2.14. The van der Waals surface area contributed by atoms with E-state index in [1.807, 2.05) is 32.0 Å². The van der Waals surface area contributed by atoms with Gasteiger partial charge in [0.25, 0.3) is 5.56 Å². The van der Waals surface area contributed by atoms with Crippen molar-refractivity contribution in [3.05, 3.63) is 76.0 Å². The fraction of sp³-hybridized carbons (Fsp3) is 0.217. The predicted molar refractivity (Wildman–Crippen MR) is 122 cm³/mol. The van der Waals surface area contributed by atoms with Gasteiger partial charge in [0.05, 0.1) is 17.9 Å². The molecule has 1 N–H and O–H groups in total. The summed E-state index contributed by atoms with van der Waals surface area (Å²) in [5.41, 5.74) is 3.63. The van der Waals surface area contributed by atoms with Gasteiger partial charge in [-0.05, 0) is 55.3 Å². The van der Waals surface area contributed by atoms with Crippen LogP contribution in [0.1, 0.15) is 23.6 Å². The van der Waals surface area contributed by atoms with Crippen molar-refractivity contribution in [2.75, 3.05) is 11.1 Å². The Bertz CT molecular complexity index is 1410. The number of fused-ring (bicyclic) bond motifs is 2. The van der Waals surface area contributed by atoms with Crippen molar-refractivity contribution in [2.24, 2.45) is 0 Å². The van der Waals surface area contributed by atoms with Crippen LogP contribution in [0.3, 0.4) is 0 Å².